The minimum absolute atomic E-state index is 0.000399. The molecular formula is C21H44O. The van der Waals surface area contributed by atoms with Gasteiger partial charge in [0.15, 0.2) is 0 Å². The fourth-order valence-electron chi connectivity index (χ4n) is 4.17. The van der Waals surface area contributed by atoms with E-state index >= 15 is 0 Å². The highest BCUT2D eigenvalue weighted by atomic mass is 16.5. The first-order chi connectivity index (χ1) is 10.2. The lowest BCUT2D eigenvalue weighted by Crippen LogP contribution is -2.41. The fourth-order valence-corrected chi connectivity index (χ4v) is 4.17. The van der Waals surface area contributed by atoms with Gasteiger partial charge in [-0.25, -0.2) is 0 Å². The van der Waals surface area contributed by atoms with Crippen LogP contribution in [0.2, 0.25) is 0 Å². The molecule has 0 fully saturated rings. The summed E-state index contributed by atoms with van der Waals surface area (Å²) in [6.45, 7) is 19.4. The van der Waals surface area contributed by atoms with Gasteiger partial charge >= 0.3 is 0 Å². The third-order valence-electron chi connectivity index (χ3n) is 4.89. The third kappa shape index (κ3) is 9.87. The fraction of sp³-hybridized carbons (Fsp3) is 1.00. The Bertz CT molecular complexity index is 245. The van der Waals surface area contributed by atoms with Crippen LogP contribution in [0, 0.1) is 23.7 Å². The molecule has 0 unspecified atom stereocenters. The standard InChI is InChI=1S/C21H44O/c1-17(2)15-13-11-9-10-12-14-16-22-21(7,8)20(18(3)4)19(5)6/h17-20H,9-16H2,1-8H3. The van der Waals surface area contributed by atoms with Gasteiger partial charge < -0.3 is 4.74 Å². The number of ether oxygens (including phenoxy) is 1. The lowest BCUT2D eigenvalue weighted by Gasteiger charge is -2.40. The molecule has 0 heterocycles. The second-order valence-corrected chi connectivity index (χ2v) is 8.77. The van der Waals surface area contributed by atoms with Crippen LogP contribution in [0.1, 0.15) is 100 Å². The van der Waals surface area contributed by atoms with E-state index in [0.717, 1.165) is 12.5 Å². The molecule has 134 valence electrons. The second kappa shape index (κ2) is 11.5. The summed E-state index contributed by atoms with van der Waals surface area (Å²) in [7, 11) is 0. The Balaban J connectivity index is 3.76. The summed E-state index contributed by atoms with van der Waals surface area (Å²) in [5, 5.41) is 0. The van der Waals surface area contributed by atoms with Gasteiger partial charge in [0, 0.05) is 6.61 Å². The molecule has 0 amide bonds. The third-order valence-corrected chi connectivity index (χ3v) is 4.89. The maximum atomic E-state index is 6.27. The topological polar surface area (TPSA) is 9.23 Å². The van der Waals surface area contributed by atoms with Gasteiger partial charge in [0.1, 0.15) is 0 Å². The molecule has 0 saturated heterocycles. The van der Waals surface area contributed by atoms with Crippen LogP contribution >= 0.6 is 0 Å². The lowest BCUT2D eigenvalue weighted by atomic mass is 9.74. The zero-order valence-electron chi connectivity index (χ0n) is 16.9. The van der Waals surface area contributed by atoms with Crippen molar-refractivity contribution in [2.75, 3.05) is 6.61 Å². The average molecular weight is 313 g/mol. The van der Waals surface area contributed by atoms with Gasteiger partial charge in [-0.3, -0.25) is 0 Å². The van der Waals surface area contributed by atoms with Crippen molar-refractivity contribution >= 4 is 0 Å². The van der Waals surface area contributed by atoms with Crippen LogP contribution in [-0.4, -0.2) is 12.2 Å². The van der Waals surface area contributed by atoms with Gasteiger partial charge in [-0.05, 0) is 43.9 Å². The van der Waals surface area contributed by atoms with Crippen molar-refractivity contribution in [1.82, 2.24) is 0 Å². The lowest BCUT2D eigenvalue weighted by molar-refractivity contribution is -0.0889. The Morgan fingerprint density at radius 1 is 0.682 bits per heavy atom. The Morgan fingerprint density at radius 2 is 1.14 bits per heavy atom. The second-order valence-electron chi connectivity index (χ2n) is 8.77. The van der Waals surface area contributed by atoms with Crippen LogP contribution in [-0.2, 0) is 4.74 Å². The summed E-state index contributed by atoms with van der Waals surface area (Å²) in [4.78, 5) is 0. The van der Waals surface area contributed by atoms with Crippen LogP contribution in [0.25, 0.3) is 0 Å². The molecule has 0 aromatic rings. The molecular weight excluding hydrogens is 268 g/mol. The molecule has 1 heteroatoms. The Hall–Kier alpha value is -0.0400. The molecule has 0 aliphatic heterocycles. The highest BCUT2D eigenvalue weighted by Crippen LogP contribution is 2.34. The van der Waals surface area contributed by atoms with Gasteiger partial charge in [0.05, 0.1) is 5.60 Å². The van der Waals surface area contributed by atoms with E-state index in [2.05, 4.69) is 55.4 Å². The van der Waals surface area contributed by atoms with E-state index in [4.69, 9.17) is 4.74 Å². The van der Waals surface area contributed by atoms with Gasteiger partial charge in [0.25, 0.3) is 0 Å². The average Bonchev–Trinajstić information content (AvgIpc) is 2.34. The number of hydrogen-bond acceptors (Lipinski definition) is 1. The van der Waals surface area contributed by atoms with E-state index in [0.29, 0.717) is 17.8 Å². The first-order valence-electron chi connectivity index (χ1n) is 9.82. The van der Waals surface area contributed by atoms with Crippen molar-refractivity contribution in [1.29, 1.82) is 0 Å². The van der Waals surface area contributed by atoms with Gasteiger partial charge in [0.2, 0.25) is 0 Å². The molecule has 0 aromatic heterocycles. The molecule has 0 radical (unpaired) electrons. The molecule has 0 atom stereocenters. The SMILES string of the molecule is CC(C)CCCCCCCCOC(C)(C)C(C(C)C)C(C)C. The maximum Gasteiger partial charge on any atom is 0.0659 e. The number of hydrogen-bond donors (Lipinski definition) is 0. The predicted octanol–water partition coefficient (Wildman–Crippen LogP) is 7.10. The minimum atomic E-state index is -0.000399. The molecule has 0 aliphatic carbocycles. The van der Waals surface area contributed by atoms with Gasteiger partial charge in [-0.15, -0.1) is 0 Å². The Labute approximate surface area is 141 Å². The van der Waals surface area contributed by atoms with E-state index in [1.165, 1.54) is 44.9 Å². The van der Waals surface area contributed by atoms with Crippen molar-refractivity contribution in [3.05, 3.63) is 0 Å². The molecule has 0 N–H and O–H groups in total. The van der Waals surface area contributed by atoms with Crippen LogP contribution < -0.4 is 0 Å². The minimum Gasteiger partial charge on any atom is -0.375 e. The van der Waals surface area contributed by atoms with E-state index in [1.54, 1.807) is 0 Å². The summed E-state index contributed by atoms with van der Waals surface area (Å²) in [5.41, 5.74) is -0.000399. The predicted molar refractivity (Wildman–Crippen MR) is 100 cm³/mol. The number of rotatable bonds is 13. The van der Waals surface area contributed by atoms with Gasteiger partial charge in [-0.1, -0.05) is 80.1 Å². The van der Waals surface area contributed by atoms with E-state index < -0.39 is 0 Å². The molecule has 0 aromatic carbocycles. The zero-order valence-corrected chi connectivity index (χ0v) is 16.9. The molecule has 0 rings (SSSR count). The van der Waals surface area contributed by atoms with E-state index in [-0.39, 0.29) is 5.60 Å². The van der Waals surface area contributed by atoms with Crippen LogP contribution in [0.15, 0.2) is 0 Å². The Morgan fingerprint density at radius 3 is 1.59 bits per heavy atom. The van der Waals surface area contributed by atoms with E-state index in [9.17, 15) is 0 Å². The van der Waals surface area contributed by atoms with Crippen LogP contribution in [0.5, 0.6) is 0 Å². The van der Waals surface area contributed by atoms with Crippen molar-refractivity contribution < 1.29 is 4.74 Å². The smallest absolute Gasteiger partial charge is 0.0659 e. The normalized spacial score (nSPS) is 13.1. The van der Waals surface area contributed by atoms with Crippen molar-refractivity contribution in [3.8, 4) is 0 Å². The van der Waals surface area contributed by atoms with Crippen LogP contribution in [0.3, 0.4) is 0 Å². The summed E-state index contributed by atoms with van der Waals surface area (Å²) < 4.78 is 6.27. The van der Waals surface area contributed by atoms with E-state index in [1.807, 2.05) is 0 Å². The van der Waals surface area contributed by atoms with Gasteiger partial charge in [-0.2, -0.15) is 0 Å². The Kier molecular flexibility index (Phi) is 11.5. The quantitative estimate of drug-likeness (QED) is 0.330. The maximum absolute atomic E-state index is 6.27. The first-order valence-corrected chi connectivity index (χ1v) is 9.82. The van der Waals surface area contributed by atoms with Crippen molar-refractivity contribution in [2.45, 2.75) is 106 Å². The molecule has 22 heavy (non-hydrogen) atoms. The highest BCUT2D eigenvalue weighted by Gasteiger charge is 2.34. The first kappa shape index (κ1) is 22.0. The molecule has 0 aliphatic rings. The van der Waals surface area contributed by atoms with Crippen molar-refractivity contribution in [2.24, 2.45) is 23.7 Å². The summed E-state index contributed by atoms with van der Waals surface area (Å²) >= 11 is 0. The zero-order chi connectivity index (χ0) is 17.2. The molecule has 0 saturated carbocycles. The monoisotopic (exact) mass is 312 g/mol. The molecule has 1 nitrogen and oxygen atoms in total. The van der Waals surface area contributed by atoms with Crippen LogP contribution in [0.4, 0.5) is 0 Å². The molecule has 0 bridgehead atoms. The summed E-state index contributed by atoms with van der Waals surface area (Å²) in [6, 6.07) is 0. The highest BCUT2D eigenvalue weighted by molar-refractivity contribution is 4.84. The van der Waals surface area contributed by atoms with Crippen molar-refractivity contribution in [3.63, 3.8) is 0 Å². The largest absolute Gasteiger partial charge is 0.375 e. The number of unbranched alkanes of at least 4 members (excludes halogenated alkanes) is 5. The molecule has 0 spiro atoms. The summed E-state index contributed by atoms with van der Waals surface area (Å²) in [5.74, 6) is 2.85. The summed E-state index contributed by atoms with van der Waals surface area (Å²) in [6.07, 6.45) is 9.53.